The molecule has 7 heteroatoms. The number of nitrogens with one attached hydrogen (secondary N) is 1. The van der Waals surface area contributed by atoms with E-state index in [4.69, 9.17) is 4.74 Å². The van der Waals surface area contributed by atoms with Gasteiger partial charge in [0.2, 0.25) is 0 Å². The van der Waals surface area contributed by atoms with Gasteiger partial charge >= 0.3 is 4.87 Å². The molecule has 0 saturated carbocycles. The SMILES string of the molecule is C[C@@]12COc3c(Br)cc(Br)cc3[C@H]1c1sc(=O)[nH]c1SC2. The Morgan fingerprint density at radius 2 is 2.24 bits per heavy atom. The molecule has 21 heavy (non-hydrogen) atoms. The first-order valence-electron chi connectivity index (χ1n) is 6.45. The number of H-pyrrole nitrogens is 1. The normalized spacial score (nSPS) is 26.5. The lowest BCUT2D eigenvalue weighted by Gasteiger charge is -2.44. The summed E-state index contributed by atoms with van der Waals surface area (Å²) in [5.74, 6) is 2.05. The Bertz CT molecular complexity index is 801. The molecule has 2 atom stereocenters. The number of thiazole rings is 1. The minimum Gasteiger partial charge on any atom is -0.491 e. The second-order valence-electron chi connectivity index (χ2n) is 5.68. The lowest BCUT2D eigenvalue weighted by Crippen LogP contribution is -2.40. The molecule has 2 aliphatic heterocycles. The minimum atomic E-state index is 0.00995. The highest BCUT2D eigenvalue weighted by Crippen LogP contribution is 2.57. The predicted octanol–water partition coefficient (Wildman–Crippen LogP) is 4.60. The molecule has 1 aromatic carbocycles. The van der Waals surface area contributed by atoms with Crippen LogP contribution in [0.25, 0.3) is 0 Å². The van der Waals surface area contributed by atoms with Crippen LogP contribution < -0.4 is 9.61 Å². The zero-order valence-corrected chi connectivity index (χ0v) is 15.8. The van der Waals surface area contributed by atoms with Gasteiger partial charge < -0.3 is 9.72 Å². The topological polar surface area (TPSA) is 42.1 Å². The van der Waals surface area contributed by atoms with Crippen molar-refractivity contribution in [1.29, 1.82) is 0 Å². The Kier molecular flexibility index (Phi) is 3.33. The smallest absolute Gasteiger partial charge is 0.305 e. The van der Waals surface area contributed by atoms with Gasteiger partial charge in [-0.1, -0.05) is 34.2 Å². The molecule has 3 nitrogen and oxygen atoms in total. The molecule has 0 saturated heterocycles. The third-order valence-electron chi connectivity index (χ3n) is 4.04. The fourth-order valence-corrected chi connectivity index (χ4v) is 7.00. The summed E-state index contributed by atoms with van der Waals surface area (Å²) in [4.78, 5) is 15.9. The van der Waals surface area contributed by atoms with Crippen LogP contribution >= 0.6 is 55.0 Å². The van der Waals surface area contributed by atoms with Gasteiger partial charge in [-0.2, -0.15) is 0 Å². The summed E-state index contributed by atoms with van der Waals surface area (Å²) in [5.41, 5.74) is 1.16. The summed E-state index contributed by atoms with van der Waals surface area (Å²) in [5, 5.41) is 1.02. The van der Waals surface area contributed by atoms with E-state index < -0.39 is 0 Å². The third-order valence-corrected chi connectivity index (χ3v) is 7.58. The molecule has 0 amide bonds. The Hall–Kier alpha value is -0.240. The van der Waals surface area contributed by atoms with Crippen LogP contribution in [0.1, 0.15) is 23.3 Å². The van der Waals surface area contributed by atoms with Gasteiger partial charge in [-0.05, 0) is 28.1 Å². The van der Waals surface area contributed by atoms with Crippen LogP contribution in [0.4, 0.5) is 0 Å². The van der Waals surface area contributed by atoms with Crippen molar-refractivity contribution in [3.8, 4) is 5.75 Å². The minimum absolute atomic E-state index is 0.00995. The summed E-state index contributed by atoms with van der Waals surface area (Å²) in [6.45, 7) is 2.92. The number of fused-ring (bicyclic) bond motifs is 5. The lowest BCUT2D eigenvalue weighted by atomic mass is 9.72. The quantitative estimate of drug-likeness (QED) is 0.640. The van der Waals surface area contributed by atoms with Gasteiger partial charge in [-0.15, -0.1) is 11.8 Å². The van der Waals surface area contributed by atoms with Crippen molar-refractivity contribution in [2.24, 2.45) is 5.41 Å². The summed E-state index contributed by atoms with van der Waals surface area (Å²) in [6.07, 6.45) is 0. The highest BCUT2D eigenvalue weighted by Gasteiger charge is 2.47. The van der Waals surface area contributed by atoms with Crippen molar-refractivity contribution in [2.75, 3.05) is 12.4 Å². The number of hydrogen-bond donors (Lipinski definition) is 1. The Balaban J connectivity index is 2.00. The molecule has 1 aromatic heterocycles. The molecular weight excluding hydrogens is 438 g/mol. The molecule has 0 fully saturated rings. The molecular formula is C14H11Br2NO2S2. The van der Waals surface area contributed by atoms with Crippen molar-refractivity contribution in [3.05, 3.63) is 41.2 Å². The lowest BCUT2D eigenvalue weighted by molar-refractivity contribution is 0.136. The van der Waals surface area contributed by atoms with E-state index in [0.717, 1.165) is 35.9 Å². The van der Waals surface area contributed by atoms with Crippen LogP contribution in [0.15, 0.2) is 30.9 Å². The van der Waals surface area contributed by atoms with E-state index >= 15 is 0 Å². The van der Waals surface area contributed by atoms with E-state index in [2.05, 4.69) is 49.8 Å². The summed E-state index contributed by atoms with van der Waals surface area (Å²) in [7, 11) is 0. The first kappa shape index (κ1) is 14.4. The van der Waals surface area contributed by atoms with E-state index in [0.29, 0.717) is 6.61 Å². The summed E-state index contributed by atoms with van der Waals surface area (Å²) in [6, 6.07) is 4.12. The van der Waals surface area contributed by atoms with Crippen LogP contribution in [0.2, 0.25) is 0 Å². The summed E-state index contributed by atoms with van der Waals surface area (Å²) >= 11 is 10.2. The zero-order chi connectivity index (χ0) is 14.8. The van der Waals surface area contributed by atoms with Crippen molar-refractivity contribution in [1.82, 2.24) is 4.98 Å². The van der Waals surface area contributed by atoms with E-state index in [1.54, 1.807) is 11.8 Å². The molecule has 0 bridgehead atoms. The molecule has 110 valence electrons. The van der Waals surface area contributed by atoms with Gasteiger partial charge in [0.1, 0.15) is 5.75 Å². The molecule has 3 heterocycles. The summed E-state index contributed by atoms with van der Waals surface area (Å²) < 4.78 is 8.01. The van der Waals surface area contributed by atoms with Gasteiger partial charge in [-0.3, -0.25) is 4.79 Å². The van der Waals surface area contributed by atoms with E-state index in [1.807, 2.05) is 6.07 Å². The fourth-order valence-electron chi connectivity index (χ4n) is 3.09. The molecule has 0 radical (unpaired) electrons. The standard InChI is InChI=1S/C14H11Br2NO2S2/c1-14-4-19-10-7(2-6(15)3-8(10)16)9(14)11-12(20-5-14)17-13(18)21-11/h2-3,9H,4-5H2,1H3,(H,17,18)/t9-,14-/m0/s1. The Labute approximate surface area is 146 Å². The number of aromatic nitrogens is 1. The first-order valence-corrected chi connectivity index (χ1v) is 9.84. The maximum absolute atomic E-state index is 11.8. The predicted molar refractivity (Wildman–Crippen MR) is 93.0 cm³/mol. The van der Waals surface area contributed by atoms with Crippen molar-refractivity contribution in [3.63, 3.8) is 0 Å². The molecule has 2 aromatic rings. The molecule has 0 aliphatic carbocycles. The maximum atomic E-state index is 11.8. The number of halogens is 2. The van der Waals surface area contributed by atoms with Gasteiger partial charge in [0, 0.05) is 32.0 Å². The molecule has 4 rings (SSSR count). The monoisotopic (exact) mass is 447 g/mol. The molecule has 2 aliphatic rings. The van der Waals surface area contributed by atoms with Crippen LogP contribution in [0.3, 0.4) is 0 Å². The highest BCUT2D eigenvalue weighted by atomic mass is 79.9. The molecule has 1 N–H and O–H groups in total. The molecule has 0 unspecified atom stereocenters. The Morgan fingerprint density at radius 1 is 1.43 bits per heavy atom. The number of rotatable bonds is 0. The Morgan fingerprint density at radius 3 is 3.05 bits per heavy atom. The number of hydrogen-bond acceptors (Lipinski definition) is 4. The average molecular weight is 449 g/mol. The third kappa shape index (κ3) is 2.16. The second kappa shape index (κ2) is 4.88. The van der Waals surface area contributed by atoms with E-state index in [-0.39, 0.29) is 16.2 Å². The second-order valence-corrected chi connectivity index (χ2v) is 9.45. The highest BCUT2D eigenvalue weighted by molar-refractivity contribution is 9.11. The number of benzene rings is 1. The fraction of sp³-hybridized carbons (Fsp3) is 0.357. The van der Waals surface area contributed by atoms with Crippen molar-refractivity contribution < 1.29 is 4.74 Å². The average Bonchev–Trinajstić information content (AvgIpc) is 2.77. The zero-order valence-electron chi connectivity index (χ0n) is 11.0. The van der Waals surface area contributed by atoms with Crippen molar-refractivity contribution in [2.45, 2.75) is 17.9 Å². The van der Waals surface area contributed by atoms with Crippen LogP contribution in [-0.2, 0) is 0 Å². The largest absolute Gasteiger partial charge is 0.491 e. The maximum Gasteiger partial charge on any atom is 0.305 e. The van der Waals surface area contributed by atoms with E-state index in [9.17, 15) is 4.79 Å². The van der Waals surface area contributed by atoms with Gasteiger partial charge in [-0.25, -0.2) is 0 Å². The van der Waals surface area contributed by atoms with Crippen molar-refractivity contribution >= 4 is 55.0 Å². The van der Waals surface area contributed by atoms with Gasteiger partial charge in [0.15, 0.2) is 0 Å². The van der Waals surface area contributed by atoms with Crippen LogP contribution in [0.5, 0.6) is 5.75 Å². The van der Waals surface area contributed by atoms with Gasteiger partial charge in [0.05, 0.1) is 16.1 Å². The molecule has 0 spiro atoms. The number of ether oxygens (including phenoxy) is 1. The van der Waals surface area contributed by atoms with Crippen LogP contribution in [-0.4, -0.2) is 17.3 Å². The first-order chi connectivity index (χ1) is 9.98. The van der Waals surface area contributed by atoms with Crippen LogP contribution in [0, 0.1) is 5.41 Å². The number of thioether (sulfide) groups is 1. The van der Waals surface area contributed by atoms with E-state index in [1.165, 1.54) is 11.3 Å². The van der Waals surface area contributed by atoms with Gasteiger partial charge in [0.25, 0.3) is 0 Å². The number of aromatic amines is 1.